The van der Waals surface area contributed by atoms with Crippen LogP contribution in [0.15, 0.2) is 24.3 Å². The van der Waals surface area contributed by atoms with Gasteiger partial charge in [0.2, 0.25) is 0 Å². The van der Waals surface area contributed by atoms with Gasteiger partial charge in [-0.25, -0.2) is 0 Å². The summed E-state index contributed by atoms with van der Waals surface area (Å²) in [4.78, 5) is 0. The van der Waals surface area contributed by atoms with Gasteiger partial charge in [0.25, 0.3) is 0 Å². The Morgan fingerprint density at radius 3 is 1.94 bits per heavy atom. The zero-order valence-corrected chi connectivity index (χ0v) is 10.8. The number of aliphatic hydroxyl groups excluding tert-OH is 1. The molecule has 0 saturated carbocycles. The van der Waals surface area contributed by atoms with E-state index in [0.717, 1.165) is 12.0 Å². The average molecular weight is 238 g/mol. The fourth-order valence-corrected chi connectivity index (χ4v) is 1.67. The minimum atomic E-state index is -0.735. The molecular formula is C14H22O3. The normalized spacial score (nSPS) is 13.0. The van der Waals surface area contributed by atoms with Crippen molar-refractivity contribution in [2.24, 2.45) is 0 Å². The van der Waals surface area contributed by atoms with Crippen LogP contribution in [0.2, 0.25) is 0 Å². The smallest absolute Gasteiger partial charge is 0.187 e. The van der Waals surface area contributed by atoms with Gasteiger partial charge >= 0.3 is 0 Å². The third kappa shape index (κ3) is 4.11. The van der Waals surface area contributed by atoms with E-state index in [9.17, 15) is 5.11 Å². The number of hydrogen-bond acceptors (Lipinski definition) is 3. The predicted octanol–water partition coefficient (Wildman–Crippen LogP) is 2.68. The third-order valence-electron chi connectivity index (χ3n) is 2.65. The van der Waals surface area contributed by atoms with Gasteiger partial charge in [-0.15, -0.1) is 0 Å². The summed E-state index contributed by atoms with van der Waals surface area (Å²) in [5, 5.41) is 10.2. The number of benzene rings is 1. The average Bonchev–Trinajstić information content (AvgIpc) is 2.38. The maximum atomic E-state index is 10.2. The summed E-state index contributed by atoms with van der Waals surface area (Å²) in [5.74, 6) is 0. The van der Waals surface area contributed by atoms with Crippen molar-refractivity contribution < 1.29 is 14.6 Å². The molecule has 0 heterocycles. The molecule has 3 heteroatoms. The molecule has 96 valence electrons. The summed E-state index contributed by atoms with van der Waals surface area (Å²) in [6.07, 6.45) is -0.324. The zero-order valence-electron chi connectivity index (χ0n) is 10.8. The largest absolute Gasteiger partial charge is 0.383 e. The van der Waals surface area contributed by atoms with Crippen LogP contribution < -0.4 is 0 Å². The highest BCUT2D eigenvalue weighted by molar-refractivity contribution is 5.24. The van der Waals surface area contributed by atoms with E-state index in [2.05, 4.69) is 6.92 Å². The van der Waals surface area contributed by atoms with Crippen molar-refractivity contribution in [1.82, 2.24) is 0 Å². The lowest BCUT2D eigenvalue weighted by Gasteiger charge is -2.22. The lowest BCUT2D eigenvalue weighted by molar-refractivity contribution is -0.191. The molecular weight excluding hydrogens is 216 g/mol. The molecule has 0 amide bonds. The first-order valence-corrected chi connectivity index (χ1v) is 6.23. The minimum absolute atomic E-state index is 0.523. The molecule has 0 aliphatic carbocycles. The van der Waals surface area contributed by atoms with E-state index in [4.69, 9.17) is 9.47 Å². The Hall–Kier alpha value is -0.900. The highest BCUT2D eigenvalue weighted by Gasteiger charge is 2.21. The van der Waals surface area contributed by atoms with Crippen molar-refractivity contribution in [3.05, 3.63) is 35.4 Å². The van der Waals surface area contributed by atoms with Gasteiger partial charge in [0.15, 0.2) is 6.29 Å². The molecule has 1 aromatic carbocycles. The molecule has 0 spiro atoms. The quantitative estimate of drug-likeness (QED) is 0.742. The Kier molecular flexibility index (Phi) is 6.19. The molecule has 0 radical (unpaired) electrons. The van der Waals surface area contributed by atoms with E-state index in [-0.39, 0.29) is 0 Å². The van der Waals surface area contributed by atoms with Crippen molar-refractivity contribution >= 4 is 0 Å². The second-order valence-electron chi connectivity index (χ2n) is 3.82. The molecule has 1 atom stereocenters. The molecule has 1 N–H and O–H groups in total. The first-order chi connectivity index (χ1) is 8.22. The fraction of sp³-hybridized carbons (Fsp3) is 0.571. The van der Waals surface area contributed by atoms with Crippen LogP contribution in [-0.4, -0.2) is 24.6 Å². The first kappa shape index (κ1) is 14.2. The summed E-state index contributed by atoms with van der Waals surface area (Å²) in [5.41, 5.74) is 2.08. The van der Waals surface area contributed by atoms with E-state index in [1.807, 2.05) is 38.1 Å². The van der Waals surface area contributed by atoms with E-state index >= 15 is 0 Å². The highest BCUT2D eigenvalue weighted by atomic mass is 16.7. The van der Waals surface area contributed by atoms with E-state index < -0.39 is 12.4 Å². The Morgan fingerprint density at radius 2 is 1.53 bits per heavy atom. The van der Waals surface area contributed by atoms with Crippen molar-refractivity contribution in [1.29, 1.82) is 0 Å². The van der Waals surface area contributed by atoms with Crippen LogP contribution in [0.5, 0.6) is 0 Å². The van der Waals surface area contributed by atoms with Gasteiger partial charge in [-0.05, 0) is 31.4 Å². The van der Waals surface area contributed by atoms with E-state index in [0.29, 0.717) is 13.2 Å². The van der Waals surface area contributed by atoms with Crippen LogP contribution in [0, 0.1) is 0 Å². The molecule has 3 nitrogen and oxygen atoms in total. The monoisotopic (exact) mass is 238 g/mol. The van der Waals surface area contributed by atoms with Gasteiger partial charge in [0, 0.05) is 13.2 Å². The van der Waals surface area contributed by atoms with Crippen molar-refractivity contribution in [3.63, 3.8) is 0 Å². The fourth-order valence-electron chi connectivity index (χ4n) is 1.67. The van der Waals surface area contributed by atoms with Crippen LogP contribution in [0.4, 0.5) is 0 Å². The Bertz CT molecular complexity index is 302. The molecule has 17 heavy (non-hydrogen) atoms. The zero-order chi connectivity index (χ0) is 12.7. The van der Waals surface area contributed by atoms with Crippen LogP contribution in [0.3, 0.4) is 0 Å². The topological polar surface area (TPSA) is 38.7 Å². The summed E-state index contributed by atoms with van der Waals surface area (Å²) < 4.78 is 10.8. The molecule has 0 saturated heterocycles. The van der Waals surface area contributed by atoms with Crippen LogP contribution in [0.1, 0.15) is 38.0 Å². The molecule has 0 aliphatic rings. The Labute approximate surface area is 103 Å². The molecule has 1 aromatic rings. The minimum Gasteiger partial charge on any atom is -0.383 e. The van der Waals surface area contributed by atoms with Gasteiger partial charge in [0.05, 0.1) is 0 Å². The summed E-state index contributed by atoms with van der Waals surface area (Å²) in [6, 6.07) is 7.89. The maximum Gasteiger partial charge on any atom is 0.187 e. The summed E-state index contributed by atoms with van der Waals surface area (Å²) in [6.45, 7) is 6.93. The van der Waals surface area contributed by atoms with Crippen LogP contribution in [0.25, 0.3) is 0 Å². The Morgan fingerprint density at radius 1 is 1.00 bits per heavy atom. The molecule has 0 fully saturated rings. The van der Waals surface area contributed by atoms with Crippen molar-refractivity contribution in [2.45, 2.75) is 39.6 Å². The number of aliphatic hydroxyl groups is 1. The third-order valence-corrected chi connectivity index (χ3v) is 2.65. The number of ether oxygens (including phenoxy) is 2. The molecule has 0 bridgehead atoms. The second kappa shape index (κ2) is 7.43. The van der Waals surface area contributed by atoms with Crippen LogP contribution in [-0.2, 0) is 15.9 Å². The van der Waals surface area contributed by atoms with Crippen molar-refractivity contribution in [2.75, 3.05) is 13.2 Å². The van der Waals surface area contributed by atoms with Crippen molar-refractivity contribution in [3.8, 4) is 0 Å². The predicted molar refractivity (Wildman–Crippen MR) is 67.8 cm³/mol. The summed E-state index contributed by atoms with van der Waals surface area (Å²) in [7, 11) is 0. The Balaban J connectivity index is 2.73. The second-order valence-corrected chi connectivity index (χ2v) is 3.82. The maximum absolute atomic E-state index is 10.2. The number of hydrogen-bond donors (Lipinski definition) is 1. The van der Waals surface area contributed by atoms with Gasteiger partial charge < -0.3 is 14.6 Å². The highest BCUT2D eigenvalue weighted by Crippen LogP contribution is 2.20. The van der Waals surface area contributed by atoms with E-state index in [1.54, 1.807) is 0 Å². The molecule has 0 aliphatic heterocycles. The van der Waals surface area contributed by atoms with E-state index in [1.165, 1.54) is 5.56 Å². The van der Waals surface area contributed by atoms with Gasteiger partial charge in [0.1, 0.15) is 6.10 Å². The lowest BCUT2D eigenvalue weighted by atomic mass is 10.1. The van der Waals surface area contributed by atoms with Gasteiger partial charge in [-0.3, -0.25) is 0 Å². The molecule has 0 aromatic heterocycles. The number of rotatable bonds is 7. The standard InChI is InChI=1S/C14H22O3/c1-4-11-7-9-12(10-8-11)13(15)14(16-5-2)17-6-3/h7-10,13-15H,4-6H2,1-3H3. The molecule has 1 rings (SSSR count). The molecule has 1 unspecified atom stereocenters. The SMILES string of the molecule is CCOC(OCC)C(O)c1ccc(CC)cc1. The number of aryl methyl sites for hydroxylation is 1. The van der Waals surface area contributed by atoms with Crippen LogP contribution >= 0.6 is 0 Å². The summed E-state index contributed by atoms with van der Waals surface area (Å²) >= 11 is 0. The first-order valence-electron chi connectivity index (χ1n) is 6.23. The van der Waals surface area contributed by atoms with Gasteiger partial charge in [-0.1, -0.05) is 31.2 Å². The van der Waals surface area contributed by atoms with Gasteiger partial charge in [-0.2, -0.15) is 0 Å². The lowest BCUT2D eigenvalue weighted by Crippen LogP contribution is -2.25.